The van der Waals surface area contributed by atoms with Gasteiger partial charge in [-0.25, -0.2) is 9.37 Å². The van der Waals surface area contributed by atoms with Gasteiger partial charge in [0, 0.05) is 19.7 Å². The third-order valence-electron chi connectivity index (χ3n) is 3.29. The Hall–Kier alpha value is -2.50. The van der Waals surface area contributed by atoms with Crippen molar-refractivity contribution in [1.29, 1.82) is 0 Å². The summed E-state index contributed by atoms with van der Waals surface area (Å²) in [6.45, 7) is 3.78. The molecule has 0 unspecified atom stereocenters. The molecule has 1 heterocycles. The largest absolute Gasteiger partial charge is 0.355 e. The molecular weight excluding hydrogens is 273 g/mol. The van der Waals surface area contributed by atoms with E-state index in [1.54, 1.807) is 26.0 Å². The number of pyridine rings is 1. The van der Waals surface area contributed by atoms with E-state index in [9.17, 15) is 14.5 Å². The molecule has 2 aromatic rings. The SMILES string of the molecule is Cc1ccc(CN(C)c2ccc([N+](=O)[O-])c(C)n2)cc1F. The summed E-state index contributed by atoms with van der Waals surface area (Å²) in [6, 6.07) is 8.10. The van der Waals surface area contributed by atoms with Crippen LogP contribution in [-0.2, 0) is 6.54 Å². The molecule has 2 rings (SSSR count). The van der Waals surface area contributed by atoms with E-state index in [0.717, 1.165) is 5.56 Å². The Morgan fingerprint density at radius 3 is 2.57 bits per heavy atom. The molecule has 0 N–H and O–H groups in total. The van der Waals surface area contributed by atoms with E-state index in [1.165, 1.54) is 12.1 Å². The van der Waals surface area contributed by atoms with Crippen LogP contribution in [0, 0.1) is 29.8 Å². The summed E-state index contributed by atoms with van der Waals surface area (Å²) in [5.74, 6) is 0.368. The van der Waals surface area contributed by atoms with E-state index in [2.05, 4.69) is 4.98 Å². The van der Waals surface area contributed by atoms with Crippen molar-refractivity contribution >= 4 is 11.5 Å². The van der Waals surface area contributed by atoms with Gasteiger partial charge in [-0.3, -0.25) is 10.1 Å². The lowest BCUT2D eigenvalue weighted by Gasteiger charge is -2.18. The summed E-state index contributed by atoms with van der Waals surface area (Å²) in [5.41, 5.74) is 1.78. The van der Waals surface area contributed by atoms with Gasteiger partial charge in [-0.1, -0.05) is 12.1 Å². The van der Waals surface area contributed by atoms with E-state index in [4.69, 9.17) is 0 Å². The van der Waals surface area contributed by atoms with Crippen LogP contribution in [-0.4, -0.2) is 17.0 Å². The number of nitro groups is 1. The van der Waals surface area contributed by atoms with E-state index in [1.807, 2.05) is 18.0 Å². The van der Waals surface area contributed by atoms with E-state index in [0.29, 0.717) is 23.6 Å². The van der Waals surface area contributed by atoms with Crippen molar-refractivity contribution in [3.05, 3.63) is 63.1 Å². The molecule has 0 aliphatic heterocycles. The van der Waals surface area contributed by atoms with Crippen LogP contribution in [0.3, 0.4) is 0 Å². The molecule has 0 spiro atoms. The molecule has 0 fully saturated rings. The first-order valence-corrected chi connectivity index (χ1v) is 6.46. The normalized spacial score (nSPS) is 10.5. The molecule has 1 aromatic carbocycles. The van der Waals surface area contributed by atoms with Gasteiger partial charge in [0.05, 0.1) is 4.92 Å². The van der Waals surface area contributed by atoms with Crippen molar-refractivity contribution in [3.63, 3.8) is 0 Å². The number of nitrogens with zero attached hydrogens (tertiary/aromatic N) is 3. The maximum absolute atomic E-state index is 13.5. The number of hydrogen-bond acceptors (Lipinski definition) is 4. The number of rotatable bonds is 4. The standard InChI is InChI=1S/C15H16FN3O2/c1-10-4-5-12(8-13(10)16)9-18(3)15-7-6-14(19(20)21)11(2)17-15/h4-8H,9H2,1-3H3. The Labute approximate surface area is 122 Å². The summed E-state index contributed by atoms with van der Waals surface area (Å²) in [6.07, 6.45) is 0. The fourth-order valence-electron chi connectivity index (χ4n) is 2.04. The lowest BCUT2D eigenvalue weighted by molar-refractivity contribution is -0.385. The van der Waals surface area contributed by atoms with Crippen LogP contribution in [0.15, 0.2) is 30.3 Å². The molecule has 0 bridgehead atoms. The maximum Gasteiger partial charge on any atom is 0.290 e. The fraction of sp³-hybridized carbons (Fsp3) is 0.267. The lowest BCUT2D eigenvalue weighted by atomic mass is 10.1. The second kappa shape index (κ2) is 5.87. The zero-order valence-electron chi connectivity index (χ0n) is 12.1. The third-order valence-corrected chi connectivity index (χ3v) is 3.29. The highest BCUT2D eigenvalue weighted by Crippen LogP contribution is 2.21. The van der Waals surface area contributed by atoms with Gasteiger partial charge in [0.15, 0.2) is 0 Å². The zero-order chi connectivity index (χ0) is 15.6. The van der Waals surface area contributed by atoms with Crippen LogP contribution in [0.1, 0.15) is 16.8 Å². The first-order chi connectivity index (χ1) is 9.88. The van der Waals surface area contributed by atoms with Crippen LogP contribution in [0.5, 0.6) is 0 Å². The van der Waals surface area contributed by atoms with Crippen molar-refractivity contribution < 1.29 is 9.31 Å². The Bertz CT molecular complexity index is 689. The van der Waals surface area contributed by atoms with Crippen molar-refractivity contribution in [2.75, 3.05) is 11.9 Å². The number of aryl methyl sites for hydroxylation is 2. The molecule has 0 amide bonds. The predicted molar refractivity (Wildman–Crippen MR) is 78.9 cm³/mol. The third kappa shape index (κ3) is 3.34. The molecule has 1 aromatic heterocycles. The van der Waals surface area contributed by atoms with Gasteiger partial charge in [-0.05, 0) is 37.1 Å². The average Bonchev–Trinajstić information content (AvgIpc) is 2.42. The number of hydrogen-bond donors (Lipinski definition) is 0. The van der Waals surface area contributed by atoms with Crippen LogP contribution < -0.4 is 4.90 Å². The number of halogens is 1. The van der Waals surface area contributed by atoms with Gasteiger partial charge in [0.25, 0.3) is 5.69 Å². The first kappa shape index (κ1) is 14.9. The van der Waals surface area contributed by atoms with Crippen molar-refractivity contribution in [2.24, 2.45) is 0 Å². The highest BCUT2D eigenvalue weighted by atomic mass is 19.1. The van der Waals surface area contributed by atoms with Crippen molar-refractivity contribution in [3.8, 4) is 0 Å². The molecule has 0 aliphatic carbocycles. The molecule has 5 nitrogen and oxygen atoms in total. The Morgan fingerprint density at radius 2 is 2.00 bits per heavy atom. The molecular formula is C15H16FN3O2. The predicted octanol–water partition coefficient (Wildman–Crippen LogP) is 3.38. The molecule has 0 aliphatic rings. The molecule has 110 valence electrons. The van der Waals surface area contributed by atoms with Gasteiger partial charge in [0.1, 0.15) is 17.3 Å². The van der Waals surface area contributed by atoms with Gasteiger partial charge in [-0.15, -0.1) is 0 Å². The van der Waals surface area contributed by atoms with Gasteiger partial charge < -0.3 is 4.90 Å². The van der Waals surface area contributed by atoms with Gasteiger partial charge in [0.2, 0.25) is 0 Å². The molecule has 0 atom stereocenters. The zero-order valence-corrected chi connectivity index (χ0v) is 12.1. The van der Waals surface area contributed by atoms with Crippen LogP contribution in [0.2, 0.25) is 0 Å². The van der Waals surface area contributed by atoms with Crippen LogP contribution in [0.25, 0.3) is 0 Å². The Balaban J connectivity index is 2.20. The monoisotopic (exact) mass is 289 g/mol. The number of benzene rings is 1. The van der Waals surface area contributed by atoms with Crippen molar-refractivity contribution in [1.82, 2.24) is 4.98 Å². The minimum atomic E-state index is -0.457. The highest BCUT2D eigenvalue weighted by Gasteiger charge is 2.13. The molecule has 21 heavy (non-hydrogen) atoms. The number of anilines is 1. The maximum atomic E-state index is 13.5. The summed E-state index contributed by atoms with van der Waals surface area (Å²) in [4.78, 5) is 16.4. The van der Waals surface area contributed by atoms with E-state index < -0.39 is 4.92 Å². The quantitative estimate of drug-likeness (QED) is 0.639. The molecule has 6 heteroatoms. The summed E-state index contributed by atoms with van der Waals surface area (Å²) >= 11 is 0. The Morgan fingerprint density at radius 1 is 1.29 bits per heavy atom. The van der Waals surface area contributed by atoms with Crippen LogP contribution in [0.4, 0.5) is 15.9 Å². The molecule has 0 saturated heterocycles. The van der Waals surface area contributed by atoms with Gasteiger partial charge in [-0.2, -0.15) is 0 Å². The van der Waals surface area contributed by atoms with Crippen LogP contribution >= 0.6 is 0 Å². The summed E-state index contributed by atoms with van der Waals surface area (Å²) < 4.78 is 13.5. The first-order valence-electron chi connectivity index (χ1n) is 6.46. The molecule has 0 radical (unpaired) electrons. The van der Waals surface area contributed by atoms with Crippen molar-refractivity contribution in [2.45, 2.75) is 20.4 Å². The average molecular weight is 289 g/mol. The second-order valence-electron chi connectivity index (χ2n) is 4.97. The van der Waals surface area contributed by atoms with E-state index >= 15 is 0 Å². The smallest absolute Gasteiger partial charge is 0.290 e. The lowest BCUT2D eigenvalue weighted by Crippen LogP contribution is -2.18. The highest BCUT2D eigenvalue weighted by molar-refractivity contribution is 5.46. The Kier molecular flexibility index (Phi) is 4.16. The second-order valence-corrected chi connectivity index (χ2v) is 4.97. The molecule has 0 saturated carbocycles. The number of aromatic nitrogens is 1. The fourth-order valence-corrected chi connectivity index (χ4v) is 2.04. The summed E-state index contributed by atoms with van der Waals surface area (Å²) in [5, 5.41) is 10.8. The minimum Gasteiger partial charge on any atom is -0.355 e. The summed E-state index contributed by atoms with van der Waals surface area (Å²) in [7, 11) is 1.81. The minimum absolute atomic E-state index is 0.00599. The topological polar surface area (TPSA) is 59.3 Å². The van der Waals surface area contributed by atoms with Gasteiger partial charge >= 0.3 is 0 Å². The van der Waals surface area contributed by atoms with E-state index in [-0.39, 0.29) is 11.5 Å².